The summed E-state index contributed by atoms with van der Waals surface area (Å²) in [6.07, 6.45) is 3.74. The maximum Gasteiger partial charge on any atom is 0.0168 e. The van der Waals surface area contributed by atoms with Crippen LogP contribution in [0.25, 0.3) is 0 Å². The standard InChI is InChI=1S/C12H26N2/c1-10-5-6-11(13)9-14(10)8-7-12(2,3)4/h10-11H,5-9,13H2,1-4H3. The zero-order valence-corrected chi connectivity index (χ0v) is 10.2. The highest BCUT2D eigenvalue weighted by atomic mass is 15.2. The van der Waals surface area contributed by atoms with E-state index in [-0.39, 0.29) is 0 Å². The van der Waals surface area contributed by atoms with Crippen molar-refractivity contribution in [2.24, 2.45) is 11.1 Å². The molecule has 0 radical (unpaired) electrons. The van der Waals surface area contributed by atoms with Crippen molar-refractivity contribution in [2.75, 3.05) is 13.1 Å². The fourth-order valence-corrected chi connectivity index (χ4v) is 2.00. The molecule has 2 nitrogen and oxygen atoms in total. The van der Waals surface area contributed by atoms with Crippen LogP contribution in [0.15, 0.2) is 0 Å². The Morgan fingerprint density at radius 3 is 2.50 bits per heavy atom. The molecule has 1 saturated heterocycles. The van der Waals surface area contributed by atoms with E-state index in [0.29, 0.717) is 11.5 Å². The molecule has 1 aliphatic rings. The Kier molecular flexibility index (Phi) is 3.96. The summed E-state index contributed by atoms with van der Waals surface area (Å²) < 4.78 is 0. The van der Waals surface area contributed by atoms with E-state index in [1.165, 1.54) is 25.8 Å². The van der Waals surface area contributed by atoms with Crippen molar-refractivity contribution in [1.29, 1.82) is 0 Å². The van der Waals surface area contributed by atoms with E-state index in [9.17, 15) is 0 Å². The minimum atomic E-state index is 0.408. The molecule has 1 rings (SSSR count). The summed E-state index contributed by atoms with van der Waals surface area (Å²) >= 11 is 0. The minimum Gasteiger partial charge on any atom is -0.327 e. The second-order valence-electron chi connectivity index (χ2n) is 5.99. The number of piperidine rings is 1. The van der Waals surface area contributed by atoms with Crippen molar-refractivity contribution in [3.05, 3.63) is 0 Å². The van der Waals surface area contributed by atoms with Crippen molar-refractivity contribution < 1.29 is 0 Å². The topological polar surface area (TPSA) is 29.3 Å². The average molecular weight is 198 g/mol. The largest absolute Gasteiger partial charge is 0.327 e. The van der Waals surface area contributed by atoms with Crippen LogP contribution >= 0.6 is 0 Å². The molecule has 0 aromatic rings. The molecule has 2 atom stereocenters. The second-order valence-corrected chi connectivity index (χ2v) is 5.99. The van der Waals surface area contributed by atoms with Crippen molar-refractivity contribution in [3.63, 3.8) is 0 Å². The highest BCUT2D eigenvalue weighted by Gasteiger charge is 2.24. The van der Waals surface area contributed by atoms with E-state index >= 15 is 0 Å². The van der Waals surface area contributed by atoms with Crippen LogP contribution in [0, 0.1) is 5.41 Å². The molecule has 0 aromatic heterocycles. The molecular formula is C12H26N2. The fourth-order valence-electron chi connectivity index (χ4n) is 2.00. The molecule has 84 valence electrons. The average Bonchev–Trinajstić information content (AvgIpc) is 2.05. The van der Waals surface area contributed by atoms with Crippen molar-refractivity contribution >= 4 is 0 Å². The van der Waals surface area contributed by atoms with Crippen LogP contribution in [0.5, 0.6) is 0 Å². The van der Waals surface area contributed by atoms with Gasteiger partial charge >= 0.3 is 0 Å². The Labute approximate surface area is 88.8 Å². The molecule has 1 fully saturated rings. The lowest BCUT2D eigenvalue weighted by molar-refractivity contribution is 0.128. The Hall–Kier alpha value is -0.0800. The van der Waals surface area contributed by atoms with E-state index in [4.69, 9.17) is 5.73 Å². The van der Waals surface area contributed by atoms with Gasteiger partial charge in [0.15, 0.2) is 0 Å². The lowest BCUT2D eigenvalue weighted by Crippen LogP contribution is -2.48. The molecule has 0 spiro atoms. The molecule has 0 bridgehead atoms. The lowest BCUT2D eigenvalue weighted by Gasteiger charge is -2.38. The van der Waals surface area contributed by atoms with Gasteiger partial charge in [-0.1, -0.05) is 20.8 Å². The van der Waals surface area contributed by atoms with Gasteiger partial charge in [-0.3, -0.25) is 4.90 Å². The van der Waals surface area contributed by atoms with Gasteiger partial charge in [0.05, 0.1) is 0 Å². The van der Waals surface area contributed by atoms with Crippen molar-refractivity contribution in [2.45, 2.75) is 59.0 Å². The first-order valence-electron chi connectivity index (χ1n) is 5.88. The Bertz CT molecular complexity index is 172. The quantitative estimate of drug-likeness (QED) is 0.737. The summed E-state index contributed by atoms with van der Waals surface area (Å²) in [5, 5.41) is 0. The molecule has 1 aliphatic heterocycles. The second kappa shape index (κ2) is 4.63. The minimum absolute atomic E-state index is 0.408. The summed E-state index contributed by atoms with van der Waals surface area (Å²) in [5.41, 5.74) is 6.43. The van der Waals surface area contributed by atoms with Gasteiger partial charge in [-0.15, -0.1) is 0 Å². The predicted molar refractivity (Wildman–Crippen MR) is 62.3 cm³/mol. The lowest BCUT2D eigenvalue weighted by atomic mass is 9.91. The highest BCUT2D eigenvalue weighted by molar-refractivity contribution is 4.81. The van der Waals surface area contributed by atoms with Crippen LogP contribution in [-0.4, -0.2) is 30.1 Å². The molecule has 14 heavy (non-hydrogen) atoms. The predicted octanol–water partition coefficient (Wildman–Crippen LogP) is 2.23. The normalized spacial score (nSPS) is 30.6. The third-order valence-corrected chi connectivity index (χ3v) is 3.20. The van der Waals surface area contributed by atoms with Gasteiger partial charge in [-0.25, -0.2) is 0 Å². The van der Waals surface area contributed by atoms with Crippen molar-refractivity contribution in [3.8, 4) is 0 Å². The molecule has 0 aromatic carbocycles. The van der Waals surface area contributed by atoms with E-state index in [2.05, 4.69) is 32.6 Å². The van der Waals surface area contributed by atoms with Crippen LogP contribution in [-0.2, 0) is 0 Å². The number of rotatable bonds is 2. The Morgan fingerprint density at radius 1 is 1.29 bits per heavy atom. The fraction of sp³-hybridized carbons (Fsp3) is 1.00. The van der Waals surface area contributed by atoms with Gasteiger partial charge in [-0.05, 0) is 38.1 Å². The van der Waals surface area contributed by atoms with E-state index in [1.807, 2.05) is 0 Å². The van der Waals surface area contributed by atoms with Crippen molar-refractivity contribution in [1.82, 2.24) is 4.90 Å². The van der Waals surface area contributed by atoms with Gasteiger partial charge in [0.1, 0.15) is 0 Å². The zero-order chi connectivity index (χ0) is 10.8. The molecule has 2 unspecified atom stereocenters. The van der Waals surface area contributed by atoms with E-state index in [1.54, 1.807) is 0 Å². The summed E-state index contributed by atoms with van der Waals surface area (Å²) in [6.45, 7) is 11.6. The van der Waals surface area contributed by atoms with Crippen LogP contribution in [0.4, 0.5) is 0 Å². The summed E-state index contributed by atoms with van der Waals surface area (Å²) in [4.78, 5) is 2.55. The smallest absolute Gasteiger partial charge is 0.0168 e. The maximum absolute atomic E-state index is 5.99. The first-order valence-corrected chi connectivity index (χ1v) is 5.88. The molecule has 2 heteroatoms. The van der Waals surface area contributed by atoms with Gasteiger partial charge in [-0.2, -0.15) is 0 Å². The SMILES string of the molecule is CC1CCC(N)CN1CCC(C)(C)C. The number of nitrogens with zero attached hydrogens (tertiary/aromatic N) is 1. The van der Waals surface area contributed by atoms with Gasteiger partial charge in [0.2, 0.25) is 0 Å². The monoisotopic (exact) mass is 198 g/mol. The third-order valence-electron chi connectivity index (χ3n) is 3.20. The Morgan fingerprint density at radius 2 is 1.93 bits per heavy atom. The molecule has 0 amide bonds. The first-order chi connectivity index (χ1) is 6.38. The Balaban J connectivity index is 2.35. The highest BCUT2D eigenvalue weighted by Crippen LogP contribution is 2.22. The van der Waals surface area contributed by atoms with Gasteiger partial charge in [0, 0.05) is 18.6 Å². The number of likely N-dealkylation sites (tertiary alicyclic amines) is 1. The van der Waals surface area contributed by atoms with Crippen LogP contribution in [0.1, 0.15) is 47.0 Å². The third kappa shape index (κ3) is 3.97. The summed E-state index contributed by atoms with van der Waals surface area (Å²) in [5.74, 6) is 0. The van der Waals surface area contributed by atoms with Crippen LogP contribution in [0.2, 0.25) is 0 Å². The molecular weight excluding hydrogens is 172 g/mol. The summed E-state index contributed by atoms with van der Waals surface area (Å²) in [7, 11) is 0. The number of hydrogen-bond acceptors (Lipinski definition) is 2. The van der Waals surface area contributed by atoms with E-state index in [0.717, 1.165) is 12.6 Å². The zero-order valence-electron chi connectivity index (χ0n) is 10.2. The van der Waals surface area contributed by atoms with E-state index < -0.39 is 0 Å². The maximum atomic E-state index is 5.99. The van der Waals surface area contributed by atoms with Crippen LogP contribution in [0.3, 0.4) is 0 Å². The molecule has 0 aliphatic carbocycles. The summed E-state index contributed by atoms with van der Waals surface area (Å²) in [6, 6.07) is 1.14. The van der Waals surface area contributed by atoms with Gasteiger partial charge < -0.3 is 5.73 Å². The molecule has 2 N–H and O–H groups in total. The molecule has 1 heterocycles. The first kappa shape index (κ1) is 12.0. The molecule has 0 saturated carbocycles. The van der Waals surface area contributed by atoms with Crippen LogP contribution < -0.4 is 5.73 Å². The van der Waals surface area contributed by atoms with Gasteiger partial charge in [0.25, 0.3) is 0 Å². The number of hydrogen-bond donors (Lipinski definition) is 1. The number of nitrogens with two attached hydrogens (primary N) is 1.